The van der Waals surface area contributed by atoms with E-state index in [1.54, 1.807) is 0 Å². The van der Waals surface area contributed by atoms with Crippen LogP contribution in [0.5, 0.6) is 0 Å². The lowest BCUT2D eigenvalue weighted by molar-refractivity contribution is 0.00165. The van der Waals surface area contributed by atoms with Crippen LogP contribution in [0.4, 0.5) is 8.78 Å². The fraction of sp³-hybridized carbons (Fsp3) is 0.588. The van der Waals surface area contributed by atoms with E-state index < -0.39 is 23.1 Å². The number of nitrogens with zero attached hydrogens (tertiary/aromatic N) is 1. The highest BCUT2D eigenvalue weighted by atomic mass is 19.1. The van der Waals surface area contributed by atoms with Crippen molar-refractivity contribution in [3.05, 3.63) is 35.4 Å². The molecule has 0 bridgehead atoms. The van der Waals surface area contributed by atoms with E-state index in [0.717, 1.165) is 31.6 Å². The molecule has 5 nitrogen and oxygen atoms in total. The van der Waals surface area contributed by atoms with Gasteiger partial charge in [-0.3, -0.25) is 9.69 Å². The van der Waals surface area contributed by atoms with Crippen molar-refractivity contribution in [1.82, 2.24) is 10.2 Å². The second kappa shape index (κ2) is 8.00. The van der Waals surface area contributed by atoms with E-state index in [1.807, 2.05) is 0 Å². The van der Waals surface area contributed by atoms with Gasteiger partial charge in [-0.05, 0) is 18.6 Å². The zero-order valence-corrected chi connectivity index (χ0v) is 13.5. The maximum atomic E-state index is 13.7. The Labute approximate surface area is 139 Å². The van der Waals surface area contributed by atoms with Gasteiger partial charge in [-0.25, -0.2) is 8.78 Å². The number of morpholine rings is 1. The van der Waals surface area contributed by atoms with Crippen molar-refractivity contribution in [2.24, 2.45) is 5.92 Å². The van der Waals surface area contributed by atoms with Gasteiger partial charge in [0.15, 0.2) is 0 Å². The van der Waals surface area contributed by atoms with Gasteiger partial charge >= 0.3 is 0 Å². The van der Waals surface area contributed by atoms with Crippen molar-refractivity contribution in [2.75, 3.05) is 46.1 Å². The fourth-order valence-electron chi connectivity index (χ4n) is 3.36. The quantitative estimate of drug-likeness (QED) is 0.881. The van der Waals surface area contributed by atoms with Crippen molar-refractivity contribution < 1.29 is 23.0 Å². The van der Waals surface area contributed by atoms with E-state index in [2.05, 4.69) is 10.2 Å². The summed E-state index contributed by atoms with van der Waals surface area (Å²) in [5.74, 6) is -2.11. The minimum Gasteiger partial charge on any atom is -0.381 e. The van der Waals surface area contributed by atoms with Crippen molar-refractivity contribution in [2.45, 2.75) is 12.5 Å². The van der Waals surface area contributed by atoms with Crippen molar-refractivity contribution in [1.29, 1.82) is 0 Å². The molecule has 0 radical (unpaired) electrons. The van der Waals surface area contributed by atoms with Crippen molar-refractivity contribution >= 4 is 5.91 Å². The maximum Gasteiger partial charge on any atom is 0.257 e. The molecule has 1 aromatic carbocycles. The Morgan fingerprint density at radius 3 is 2.54 bits per heavy atom. The van der Waals surface area contributed by atoms with Gasteiger partial charge in [0.05, 0.1) is 19.8 Å². The smallest absolute Gasteiger partial charge is 0.257 e. The molecule has 7 heteroatoms. The molecule has 1 amide bonds. The third kappa shape index (κ3) is 3.91. The minimum atomic E-state index is -0.848. The molecule has 1 N–H and O–H groups in total. The summed E-state index contributed by atoms with van der Waals surface area (Å²) >= 11 is 0. The third-order valence-corrected chi connectivity index (χ3v) is 4.69. The summed E-state index contributed by atoms with van der Waals surface area (Å²) in [7, 11) is 0. The van der Waals surface area contributed by atoms with Crippen LogP contribution in [0.15, 0.2) is 18.2 Å². The van der Waals surface area contributed by atoms with Gasteiger partial charge in [-0.1, -0.05) is 6.07 Å². The standard InChI is InChI=1S/C17H22F2N2O3/c18-13-2-1-3-14(19)16(13)17(22)20-10-15(12-4-7-24-11-12)21-5-8-23-9-6-21/h1-3,12,15H,4-11H2,(H,20,22)/t12-,15+/m0/s1. The highest BCUT2D eigenvalue weighted by Crippen LogP contribution is 2.22. The van der Waals surface area contributed by atoms with E-state index >= 15 is 0 Å². The maximum absolute atomic E-state index is 13.7. The Balaban J connectivity index is 1.67. The number of ether oxygens (including phenoxy) is 2. The first-order valence-electron chi connectivity index (χ1n) is 8.28. The molecule has 0 spiro atoms. The lowest BCUT2D eigenvalue weighted by Gasteiger charge is -2.37. The first kappa shape index (κ1) is 17.3. The van der Waals surface area contributed by atoms with E-state index in [4.69, 9.17) is 9.47 Å². The topological polar surface area (TPSA) is 50.8 Å². The third-order valence-electron chi connectivity index (χ3n) is 4.69. The van der Waals surface area contributed by atoms with Gasteiger partial charge in [0.1, 0.15) is 17.2 Å². The minimum absolute atomic E-state index is 0.0789. The van der Waals surface area contributed by atoms with E-state index in [1.165, 1.54) is 6.07 Å². The van der Waals surface area contributed by atoms with Gasteiger partial charge in [0, 0.05) is 38.2 Å². The largest absolute Gasteiger partial charge is 0.381 e. The molecule has 3 rings (SSSR count). The summed E-state index contributed by atoms with van der Waals surface area (Å²) in [6.07, 6.45) is 0.923. The predicted octanol–water partition coefficient (Wildman–Crippen LogP) is 1.43. The normalized spacial score (nSPS) is 23.2. The first-order valence-corrected chi connectivity index (χ1v) is 8.28. The molecular formula is C17H22F2N2O3. The van der Waals surface area contributed by atoms with Crippen LogP contribution < -0.4 is 5.32 Å². The van der Waals surface area contributed by atoms with Crippen LogP contribution >= 0.6 is 0 Å². The summed E-state index contributed by atoms with van der Waals surface area (Å²) in [6, 6.07) is 3.49. The average Bonchev–Trinajstić information content (AvgIpc) is 3.10. The molecule has 2 saturated heterocycles. The molecule has 0 aromatic heterocycles. The summed E-state index contributed by atoms with van der Waals surface area (Å²) in [4.78, 5) is 14.5. The number of hydrogen-bond acceptors (Lipinski definition) is 4. The number of benzene rings is 1. The zero-order valence-electron chi connectivity index (χ0n) is 13.5. The molecule has 2 fully saturated rings. The van der Waals surface area contributed by atoms with Crippen LogP contribution in [0.3, 0.4) is 0 Å². The van der Waals surface area contributed by atoms with Crippen LogP contribution in [0.1, 0.15) is 16.8 Å². The Hall–Kier alpha value is -1.57. The zero-order chi connectivity index (χ0) is 16.9. The number of nitrogens with one attached hydrogen (secondary N) is 1. The highest BCUT2D eigenvalue weighted by molar-refractivity contribution is 5.94. The number of hydrogen-bond donors (Lipinski definition) is 1. The highest BCUT2D eigenvalue weighted by Gasteiger charge is 2.32. The summed E-state index contributed by atoms with van der Waals surface area (Å²) in [6.45, 7) is 4.56. The van der Waals surface area contributed by atoms with Crippen LogP contribution in [0.25, 0.3) is 0 Å². The average molecular weight is 340 g/mol. The van der Waals surface area contributed by atoms with Gasteiger partial charge in [-0.2, -0.15) is 0 Å². The second-order valence-corrected chi connectivity index (χ2v) is 6.15. The van der Waals surface area contributed by atoms with E-state index in [9.17, 15) is 13.6 Å². The number of halogens is 2. The molecule has 2 heterocycles. The van der Waals surface area contributed by atoms with E-state index in [-0.39, 0.29) is 6.04 Å². The molecule has 0 aliphatic carbocycles. The number of rotatable bonds is 5. The molecule has 2 aliphatic rings. The van der Waals surface area contributed by atoms with Crippen molar-refractivity contribution in [3.8, 4) is 0 Å². The Morgan fingerprint density at radius 1 is 1.21 bits per heavy atom. The number of amides is 1. The SMILES string of the molecule is O=C(NC[C@H]([C@H]1CCOC1)N1CCOCC1)c1c(F)cccc1F. The van der Waals surface area contributed by atoms with Gasteiger partial charge in [0.25, 0.3) is 5.91 Å². The van der Waals surface area contributed by atoms with Gasteiger partial charge < -0.3 is 14.8 Å². The van der Waals surface area contributed by atoms with E-state index in [0.29, 0.717) is 38.9 Å². The summed E-state index contributed by atoms with van der Waals surface area (Å²) < 4.78 is 38.3. The Morgan fingerprint density at radius 2 is 1.92 bits per heavy atom. The summed E-state index contributed by atoms with van der Waals surface area (Å²) in [5.41, 5.74) is -0.527. The molecule has 132 valence electrons. The molecule has 2 aliphatic heterocycles. The molecule has 2 atom stereocenters. The summed E-state index contributed by atoms with van der Waals surface area (Å²) in [5, 5.41) is 2.70. The van der Waals surface area contributed by atoms with Crippen LogP contribution in [0, 0.1) is 17.6 Å². The van der Waals surface area contributed by atoms with Crippen LogP contribution in [-0.2, 0) is 9.47 Å². The lowest BCUT2D eigenvalue weighted by Crippen LogP contribution is -2.52. The lowest BCUT2D eigenvalue weighted by atomic mass is 9.96. The van der Waals surface area contributed by atoms with Crippen molar-refractivity contribution in [3.63, 3.8) is 0 Å². The van der Waals surface area contributed by atoms with Crippen LogP contribution in [0.2, 0.25) is 0 Å². The Bertz CT molecular complexity index is 553. The second-order valence-electron chi connectivity index (χ2n) is 6.15. The van der Waals surface area contributed by atoms with Crippen LogP contribution in [-0.4, -0.2) is 62.9 Å². The molecule has 0 saturated carbocycles. The Kier molecular flexibility index (Phi) is 5.76. The number of carbonyl (C=O) groups excluding carboxylic acids is 1. The van der Waals surface area contributed by atoms with Gasteiger partial charge in [0.2, 0.25) is 0 Å². The first-order chi connectivity index (χ1) is 11.7. The monoisotopic (exact) mass is 340 g/mol. The predicted molar refractivity (Wildman–Crippen MR) is 83.8 cm³/mol. The molecule has 24 heavy (non-hydrogen) atoms. The molecule has 1 aromatic rings. The fourth-order valence-corrected chi connectivity index (χ4v) is 3.36. The molecular weight excluding hydrogens is 318 g/mol. The molecule has 0 unspecified atom stereocenters. The van der Waals surface area contributed by atoms with Gasteiger partial charge in [-0.15, -0.1) is 0 Å². The number of carbonyl (C=O) groups is 1.